The molecule has 1 heterocycles. The maximum Gasteiger partial charge on any atom is 0.209 e. The van der Waals surface area contributed by atoms with Crippen molar-refractivity contribution >= 4 is 0 Å². The van der Waals surface area contributed by atoms with E-state index >= 15 is 0 Å². The molecule has 66 valence electrons. The third-order valence-electron chi connectivity index (χ3n) is 2.72. The zero-order valence-electron chi connectivity index (χ0n) is 7.34. The van der Waals surface area contributed by atoms with E-state index in [2.05, 4.69) is 17.1 Å². The predicted octanol–water partition coefficient (Wildman–Crippen LogP) is 1.98. The predicted molar refractivity (Wildman–Crippen MR) is 46.0 cm³/mol. The molecule has 12 heavy (non-hydrogen) atoms. The molecule has 1 fully saturated rings. The Balaban J connectivity index is 1.83. The maximum absolute atomic E-state index is 5.55. The van der Waals surface area contributed by atoms with Gasteiger partial charge in [0.25, 0.3) is 0 Å². The largest absolute Gasteiger partial charge is 0.477 e. The minimum atomic E-state index is 0.491. The molecule has 1 aromatic rings. The third kappa shape index (κ3) is 1.44. The topological polar surface area (TPSA) is 37.9 Å². The number of ether oxygens (including phenoxy) is 1. The summed E-state index contributed by atoms with van der Waals surface area (Å²) in [6, 6.07) is 1.85. The van der Waals surface area contributed by atoms with Crippen LogP contribution in [-0.2, 0) is 0 Å². The third-order valence-corrected chi connectivity index (χ3v) is 2.72. The second kappa shape index (κ2) is 2.81. The van der Waals surface area contributed by atoms with Gasteiger partial charge in [-0.25, -0.2) is 5.10 Å². The molecule has 0 saturated heterocycles. The summed E-state index contributed by atoms with van der Waals surface area (Å²) < 4.78 is 5.55. The van der Waals surface area contributed by atoms with Crippen LogP contribution in [-0.4, -0.2) is 16.8 Å². The van der Waals surface area contributed by atoms with Crippen molar-refractivity contribution in [3.63, 3.8) is 0 Å². The molecular weight excluding hydrogens is 152 g/mol. The van der Waals surface area contributed by atoms with E-state index in [1.807, 2.05) is 6.07 Å². The van der Waals surface area contributed by atoms with Crippen molar-refractivity contribution in [3.05, 3.63) is 12.3 Å². The van der Waals surface area contributed by atoms with E-state index < -0.39 is 0 Å². The number of hydrogen-bond acceptors (Lipinski definition) is 2. The van der Waals surface area contributed by atoms with Crippen LogP contribution in [0.15, 0.2) is 12.3 Å². The molecule has 3 heteroatoms. The van der Waals surface area contributed by atoms with Crippen LogP contribution < -0.4 is 4.74 Å². The lowest BCUT2D eigenvalue weighted by atomic mass is 10.1. The Morgan fingerprint density at radius 3 is 3.00 bits per heavy atom. The highest BCUT2D eigenvalue weighted by atomic mass is 16.5. The molecule has 0 atom stereocenters. The Kier molecular flexibility index (Phi) is 1.79. The Labute approximate surface area is 72.1 Å². The van der Waals surface area contributed by atoms with Crippen molar-refractivity contribution in [2.75, 3.05) is 6.61 Å². The summed E-state index contributed by atoms with van der Waals surface area (Å²) in [4.78, 5) is 0. The second-order valence-corrected chi connectivity index (χ2v) is 3.56. The van der Waals surface area contributed by atoms with E-state index in [1.54, 1.807) is 6.20 Å². The Morgan fingerprint density at radius 2 is 2.50 bits per heavy atom. The van der Waals surface area contributed by atoms with Crippen LogP contribution in [0, 0.1) is 5.41 Å². The number of rotatable bonds is 4. The van der Waals surface area contributed by atoms with Gasteiger partial charge in [0.15, 0.2) is 0 Å². The van der Waals surface area contributed by atoms with Gasteiger partial charge in [-0.1, -0.05) is 6.92 Å². The molecule has 0 radical (unpaired) electrons. The normalized spacial score (nSPS) is 19.1. The first-order valence-electron chi connectivity index (χ1n) is 4.47. The zero-order chi connectivity index (χ0) is 8.44. The van der Waals surface area contributed by atoms with Gasteiger partial charge in [0, 0.05) is 11.5 Å². The average molecular weight is 166 g/mol. The quantitative estimate of drug-likeness (QED) is 0.742. The van der Waals surface area contributed by atoms with Crippen LogP contribution in [0.2, 0.25) is 0 Å². The van der Waals surface area contributed by atoms with Crippen LogP contribution in [0.4, 0.5) is 0 Å². The van der Waals surface area contributed by atoms with E-state index in [-0.39, 0.29) is 0 Å². The summed E-state index contributed by atoms with van der Waals surface area (Å²) in [6.45, 7) is 3.06. The van der Waals surface area contributed by atoms with Gasteiger partial charge in [-0.2, -0.15) is 5.10 Å². The first kappa shape index (κ1) is 7.65. The minimum Gasteiger partial charge on any atom is -0.477 e. The van der Waals surface area contributed by atoms with Gasteiger partial charge in [0.2, 0.25) is 5.88 Å². The summed E-state index contributed by atoms with van der Waals surface area (Å²) in [5, 5.41) is 6.61. The first-order valence-corrected chi connectivity index (χ1v) is 4.47. The fourth-order valence-electron chi connectivity index (χ4n) is 1.33. The van der Waals surface area contributed by atoms with E-state index in [4.69, 9.17) is 4.74 Å². The fraction of sp³-hybridized carbons (Fsp3) is 0.667. The standard InChI is InChI=1S/C9H14N2O/c1-2-9(4-5-9)7-12-8-3-6-10-11-8/h3,6H,2,4-5,7H2,1H3,(H,10,11). The summed E-state index contributed by atoms with van der Waals surface area (Å²) >= 11 is 0. The number of nitrogens with one attached hydrogen (secondary N) is 1. The van der Waals surface area contributed by atoms with Crippen molar-refractivity contribution < 1.29 is 4.74 Å². The van der Waals surface area contributed by atoms with Crippen molar-refractivity contribution in [2.45, 2.75) is 26.2 Å². The Morgan fingerprint density at radius 1 is 1.67 bits per heavy atom. The molecule has 1 saturated carbocycles. The summed E-state index contributed by atoms with van der Waals surface area (Å²) in [5.41, 5.74) is 0.491. The van der Waals surface area contributed by atoms with Gasteiger partial charge in [0.1, 0.15) is 0 Å². The Bertz CT molecular complexity index is 239. The van der Waals surface area contributed by atoms with Gasteiger partial charge >= 0.3 is 0 Å². The van der Waals surface area contributed by atoms with Crippen LogP contribution in [0.1, 0.15) is 26.2 Å². The monoisotopic (exact) mass is 166 g/mol. The lowest BCUT2D eigenvalue weighted by Crippen LogP contribution is -2.11. The SMILES string of the molecule is CCC1(COc2ccn[nH]2)CC1. The molecule has 0 bridgehead atoms. The van der Waals surface area contributed by atoms with E-state index in [0.717, 1.165) is 12.5 Å². The van der Waals surface area contributed by atoms with Gasteiger partial charge in [0.05, 0.1) is 12.8 Å². The molecule has 0 unspecified atom stereocenters. The molecule has 1 N–H and O–H groups in total. The molecule has 0 amide bonds. The van der Waals surface area contributed by atoms with Crippen LogP contribution >= 0.6 is 0 Å². The number of aromatic amines is 1. The molecule has 2 rings (SSSR count). The van der Waals surface area contributed by atoms with Crippen molar-refractivity contribution in [1.29, 1.82) is 0 Å². The lowest BCUT2D eigenvalue weighted by molar-refractivity contribution is 0.222. The number of aromatic nitrogens is 2. The minimum absolute atomic E-state index is 0.491. The fourth-order valence-corrected chi connectivity index (χ4v) is 1.33. The highest BCUT2D eigenvalue weighted by Crippen LogP contribution is 2.48. The zero-order valence-corrected chi connectivity index (χ0v) is 7.34. The molecule has 0 aliphatic heterocycles. The molecule has 3 nitrogen and oxygen atoms in total. The van der Waals surface area contributed by atoms with Crippen molar-refractivity contribution in [3.8, 4) is 5.88 Å². The van der Waals surface area contributed by atoms with Crippen molar-refractivity contribution in [1.82, 2.24) is 10.2 Å². The molecule has 0 spiro atoms. The molecule has 1 aliphatic carbocycles. The summed E-state index contributed by atoms with van der Waals surface area (Å²) in [5.74, 6) is 0.787. The van der Waals surface area contributed by atoms with Crippen LogP contribution in [0.3, 0.4) is 0 Å². The number of hydrogen-bond donors (Lipinski definition) is 1. The highest BCUT2D eigenvalue weighted by molar-refractivity contribution is 5.05. The molecule has 1 aromatic heterocycles. The van der Waals surface area contributed by atoms with E-state index in [1.165, 1.54) is 19.3 Å². The van der Waals surface area contributed by atoms with Gasteiger partial charge in [-0.05, 0) is 19.3 Å². The maximum atomic E-state index is 5.55. The number of nitrogens with zero attached hydrogens (tertiary/aromatic N) is 1. The number of H-pyrrole nitrogens is 1. The average Bonchev–Trinajstić information content (AvgIpc) is 2.70. The first-order chi connectivity index (χ1) is 5.85. The van der Waals surface area contributed by atoms with E-state index in [0.29, 0.717) is 5.41 Å². The lowest BCUT2D eigenvalue weighted by Gasteiger charge is -2.11. The molecule has 0 aromatic carbocycles. The molecule has 1 aliphatic rings. The smallest absolute Gasteiger partial charge is 0.209 e. The van der Waals surface area contributed by atoms with Crippen LogP contribution in [0.5, 0.6) is 5.88 Å². The summed E-state index contributed by atoms with van der Waals surface area (Å²) in [6.07, 6.45) is 5.57. The summed E-state index contributed by atoms with van der Waals surface area (Å²) in [7, 11) is 0. The Hall–Kier alpha value is -0.990. The van der Waals surface area contributed by atoms with Crippen LogP contribution in [0.25, 0.3) is 0 Å². The van der Waals surface area contributed by atoms with Gasteiger partial charge < -0.3 is 4.74 Å². The van der Waals surface area contributed by atoms with E-state index in [9.17, 15) is 0 Å². The second-order valence-electron chi connectivity index (χ2n) is 3.56. The van der Waals surface area contributed by atoms with Crippen molar-refractivity contribution in [2.24, 2.45) is 5.41 Å². The van der Waals surface area contributed by atoms with Gasteiger partial charge in [-0.15, -0.1) is 0 Å². The molecular formula is C9H14N2O. The van der Waals surface area contributed by atoms with Gasteiger partial charge in [-0.3, -0.25) is 0 Å². The highest BCUT2D eigenvalue weighted by Gasteiger charge is 2.41.